The maximum atomic E-state index is 12.4. The fourth-order valence-corrected chi connectivity index (χ4v) is 8.31. The molecule has 0 bridgehead atoms. The van der Waals surface area contributed by atoms with Crippen molar-refractivity contribution in [3.05, 3.63) is 11.6 Å². The zero-order chi connectivity index (χ0) is 19.6. The van der Waals surface area contributed by atoms with Gasteiger partial charge < -0.3 is 4.74 Å². The molecule has 4 heteroatoms. The Morgan fingerprint density at radius 2 is 1.89 bits per heavy atom. The highest BCUT2D eigenvalue weighted by Gasteiger charge is 2.61. The summed E-state index contributed by atoms with van der Waals surface area (Å²) < 4.78 is 5.53. The third-order valence-corrected chi connectivity index (χ3v) is 9.25. The Bertz CT molecular complexity index is 685. The molecule has 0 spiro atoms. The second-order valence-electron chi connectivity index (χ2n) is 10.1. The van der Waals surface area contributed by atoms with Crippen LogP contribution >= 0.6 is 11.6 Å². The van der Waals surface area contributed by atoms with Gasteiger partial charge in [-0.05, 0) is 74.0 Å². The molecule has 150 valence electrons. The van der Waals surface area contributed by atoms with Gasteiger partial charge in [-0.3, -0.25) is 9.59 Å². The fraction of sp³-hybridized carbons (Fsp3) is 0.826. The normalized spacial score (nSPS) is 48.7. The smallest absolute Gasteiger partial charge is 0.302 e. The van der Waals surface area contributed by atoms with E-state index in [0.29, 0.717) is 17.8 Å². The lowest BCUT2D eigenvalue weighted by Gasteiger charge is -2.57. The number of carbonyl (C=O) groups is 2. The molecule has 0 N–H and O–H groups in total. The maximum absolute atomic E-state index is 12.4. The Morgan fingerprint density at radius 3 is 2.56 bits per heavy atom. The molecule has 0 aromatic heterocycles. The van der Waals surface area contributed by atoms with Gasteiger partial charge in [0.1, 0.15) is 11.9 Å². The molecule has 0 amide bonds. The van der Waals surface area contributed by atoms with Crippen LogP contribution in [0.3, 0.4) is 0 Å². The molecule has 4 aliphatic carbocycles. The molecule has 0 aromatic carbocycles. The van der Waals surface area contributed by atoms with Gasteiger partial charge >= 0.3 is 5.97 Å². The van der Waals surface area contributed by atoms with Crippen LogP contribution in [0.4, 0.5) is 0 Å². The van der Waals surface area contributed by atoms with Gasteiger partial charge in [0.15, 0.2) is 0 Å². The minimum absolute atomic E-state index is 0.00543. The number of halogens is 1. The number of fused-ring (bicyclic) bond motifs is 5. The molecule has 0 saturated heterocycles. The van der Waals surface area contributed by atoms with Crippen molar-refractivity contribution >= 4 is 23.4 Å². The minimum Gasteiger partial charge on any atom is -0.462 e. The highest BCUT2D eigenvalue weighted by molar-refractivity contribution is 6.22. The van der Waals surface area contributed by atoms with Crippen LogP contribution in [0, 0.1) is 34.5 Å². The van der Waals surface area contributed by atoms with Gasteiger partial charge in [0.2, 0.25) is 0 Å². The highest BCUT2D eigenvalue weighted by atomic mass is 35.5. The second-order valence-corrected chi connectivity index (χ2v) is 10.7. The van der Waals surface area contributed by atoms with Gasteiger partial charge in [-0.1, -0.05) is 25.5 Å². The van der Waals surface area contributed by atoms with Gasteiger partial charge in [0.25, 0.3) is 0 Å². The van der Waals surface area contributed by atoms with Gasteiger partial charge in [-0.2, -0.15) is 0 Å². The van der Waals surface area contributed by atoms with Crippen molar-refractivity contribution in [2.24, 2.45) is 34.5 Å². The number of rotatable bonds is 2. The zero-order valence-corrected chi connectivity index (χ0v) is 17.8. The number of Topliss-reactive ketones (excluding diaryl/α,β-unsaturated/α-hetero) is 1. The number of ketones is 1. The van der Waals surface area contributed by atoms with E-state index in [-0.39, 0.29) is 40.0 Å². The summed E-state index contributed by atoms with van der Waals surface area (Å²) >= 11 is 6.72. The first-order valence-corrected chi connectivity index (χ1v) is 11.1. The van der Waals surface area contributed by atoms with E-state index in [9.17, 15) is 9.59 Å². The lowest BCUT2D eigenvalue weighted by molar-refractivity contribution is -0.149. The number of hydrogen-bond donors (Lipinski definition) is 0. The molecule has 8 atom stereocenters. The molecule has 0 radical (unpaired) electrons. The third-order valence-electron chi connectivity index (χ3n) is 8.82. The van der Waals surface area contributed by atoms with Crippen LogP contribution < -0.4 is 0 Å². The SMILES string of the molecule is CC(=O)O[C@H]1CC[C@@]2(C)C(=CCC3C2CC[C@@]2(C)C3C[C@@H](Cl)[C@@H]2C(C)=O)C1. The van der Waals surface area contributed by atoms with E-state index < -0.39 is 0 Å². The Hall–Kier alpha value is -0.830. The third kappa shape index (κ3) is 2.91. The average molecular weight is 393 g/mol. The molecule has 4 rings (SSSR count). The molecule has 0 aliphatic heterocycles. The fourth-order valence-electron chi connectivity index (χ4n) is 7.65. The molecular weight excluding hydrogens is 360 g/mol. The number of esters is 1. The monoisotopic (exact) mass is 392 g/mol. The molecule has 3 nitrogen and oxygen atoms in total. The number of allylic oxidation sites excluding steroid dienone is 1. The summed E-state index contributed by atoms with van der Waals surface area (Å²) in [6, 6.07) is 0. The van der Waals surface area contributed by atoms with E-state index in [4.69, 9.17) is 16.3 Å². The maximum Gasteiger partial charge on any atom is 0.302 e. The van der Waals surface area contributed by atoms with E-state index >= 15 is 0 Å². The second kappa shape index (κ2) is 6.61. The van der Waals surface area contributed by atoms with Crippen molar-refractivity contribution < 1.29 is 14.3 Å². The Labute approximate surface area is 168 Å². The van der Waals surface area contributed by atoms with Gasteiger partial charge in [-0.25, -0.2) is 0 Å². The number of hydrogen-bond acceptors (Lipinski definition) is 3. The first kappa shape index (κ1) is 19.5. The number of alkyl halides is 1. The highest BCUT2D eigenvalue weighted by Crippen LogP contribution is 2.67. The predicted octanol–water partition coefficient (Wildman–Crippen LogP) is 5.30. The van der Waals surface area contributed by atoms with Gasteiger partial charge in [0, 0.05) is 24.6 Å². The van der Waals surface area contributed by atoms with Crippen LogP contribution in [0.15, 0.2) is 11.6 Å². The van der Waals surface area contributed by atoms with Crippen molar-refractivity contribution in [2.75, 3.05) is 0 Å². The minimum atomic E-state index is -0.166. The van der Waals surface area contributed by atoms with Gasteiger partial charge in [0.05, 0.1) is 0 Å². The van der Waals surface area contributed by atoms with E-state index in [0.717, 1.165) is 38.5 Å². The van der Waals surface area contributed by atoms with Crippen LogP contribution in [0.25, 0.3) is 0 Å². The van der Waals surface area contributed by atoms with Crippen molar-refractivity contribution in [1.29, 1.82) is 0 Å². The molecule has 27 heavy (non-hydrogen) atoms. The standard InChI is InChI=1S/C23H33ClO3/c1-13(25)21-20(24)12-19-17-6-5-15-11-16(27-14(2)26)7-9-22(15,3)18(17)8-10-23(19,21)4/h5,16-21H,6-12H2,1-4H3/t16-,17?,18?,19?,20+,21-,22-,23-/m0/s1. The van der Waals surface area contributed by atoms with E-state index in [1.54, 1.807) is 6.92 Å². The van der Waals surface area contributed by atoms with Crippen LogP contribution in [-0.4, -0.2) is 23.2 Å². The van der Waals surface area contributed by atoms with Crippen molar-refractivity contribution in [3.8, 4) is 0 Å². The van der Waals surface area contributed by atoms with Crippen molar-refractivity contribution in [1.82, 2.24) is 0 Å². The van der Waals surface area contributed by atoms with Crippen LogP contribution in [-0.2, 0) is 14.3 Å². The molecule has 3 unspecified atom stereocenters. The quantitative estimate of drug-likeness (QED) is 0.363. The van der Waals surface area contributed by atoms with Crippen LogP contribution in [0.2, 0.25) is 0 Å². The van der Waals surface area contributed by atoms with E-state index in [2.05, 4.69) is 19.9 Å². The average Bonchev–Trinajstić information content (AvgIpc) is 2.85. The molecule has 3 fully saturated rings. The molecule has 4 aliphatic rings. The Morgan fingerprint density at radius 1 is 1.15 bits per heavy atom. The summed E-state index contributed by atoms with van der Waals surface area (Å²) in [5, 5.41) is -0.00543. The Kier molecular flexibility index (Phi) is 4.77. The summed E-state index contributed by atoms with van der Waals surface area (Å²) in [6.45, 7) is 8.02. The summed E-state index contributed by atoms with van der Waals surface area (Å²) in [5.74, 6) is 1.98. The predicted molar refractivity (Wildman–Crippen MR) is 106 cm³/mol. The molecular formula is C23H33ClO3. The lowest BCUT2D eigenvalue weighted by atomic mass is 9.47. The molecule has 3 saturated carbocycles. The topological polar surface area (TPSA) is 43.4 Å². The van der Waals surface area contributed by atoms with Crippen molar-refractivity contribution in [2.45, 2.75) is 84.1 Å². The first-order chi connectivity index (χ1) is 12.7. The van der Waals surface area contributed by atoms with E-state index in [1.807, 2.05) is 0 Å². The van der Waals surface area contributed by atoms with Crippen molar-refractivity contribution in [3.63, 3.8) is 0 Å². The molecule has 0 heterocycles. The lowest BCUT2D eigenvalue weighted by Crippen LogP contribution is -2.51. The largest absolute Gasteiger partial charge is 0.462 e. The van der Waals surface area contributed by atoms with Crippen LogP contribution in [0.1, 0.15) is 72.6 Å². The van der Waals surface area contributed by atoms with Crippen LogP contribution in [0.5, 0.6) is 0 Å². The number of ether oxygens (including phenoxy) is 1. The summed E-state index contributed by atoms with van der Waals surface area (Å²) in [4.78, 5) is 23.7. The number of carbonyl (C=O) groups excluding carboxylic acids is 2. The first-order valence-electron chi connectivity index (χ1n) is 10.7. The van der Waals surface area contributed by atoms with Gasteiger partial charge in [-0.15, -0.1) is 11.6 Å². The van der Waals surface area contributed by atoms with E-state index in [1.165, 1.54) is 18.9 Å². The zero-order valence-electron chi connectivity index (χ0n) is 17.1. The Balaban J connectivity index is 1.61. The summed E-state index contributed by atoms with van der Waals surface area (Å²) in [7, 11) is 0. The summed E-state index contributed by atoms with van der Waals surface area (Å²) in [5.41, 5.74) is 1.79. The molecule has 0 aromatic rings. The summed E-state index contributed by atoms with van der Waals surface area (Å²) in [6.07, 6.45) is 9.85.